The molecule has 23 heavy (non-hydrogen) atoms. The van der Waals surface area contributed by atoms with E-state index < -0.39 is 0 Å². The average molecular weight is 318 g/mol. The summed E-state index contributed by atoms with van der Waals surface area (Å²) in [6.45, 7) is 3.81. The molecule has 1 aromatic carbocycles. The lowest BCUT2D eigenvalue weighted by Gasteiger charge is -2.45. The van der Waals surface area contributed by atoms with Crippen LogP contribution in [0.25, 0.3) is 0 Å². The lowest BCUT2D eigenvalue weighted by Crippen LogP contribution is -2.52. The van der Waals surface area contributed by atoms with E-state index in [0.29, 0.717) is 17.1 Å². The van der Waals surface area contributed by atoms with Crippen molar-refractivity contribution in [3.05, 3.63) is 23.8 Å². The molecule has 0 bridgehead atoms. The smallest absolute Gasteiger partial charge is 0.254 e. The number of benzene rings is 1. The first-order chi connectivity index (χ1) is 11.2. The number of hydrogen-bond donors (Lipinski definition) is 1. The number of nitrogens with zero attached hydrogens (tertiary/aromatic N) is 1. The molecule has 0 aromatic heterocycles. The van der Waals surface area contributed by atoms with Crippen LogP contribution in [0.4, 0.5) is 0 Å². The van der Waals surface area contributed by atoms with E-state index in [2.05, 4.69) is 5.32 Å². The first-order valence-electron chi connectivity index (χ1n) is 8.39. The van der Waals surface area contributed by atoms with E-state index in [-0.39, 0.29) is 11.3 Å². The molecule has 2 heterocycles. The topological polar surface area (TPSA) is 50.8 Å². The summed E-state index contributed by atoms with van der Waals surface area (Å²) in [5, 5.41) is 3.50. The fourth-order valence-electron chi connectivity index (χ4n) is 3.87. The summed E-state index contributed by atoms with van der Waals surface area (Å²) in [5.74, 6) is 1.38. The summed E-state index contributed by atoms with van der Waals surface area (Å²) in [5.41, 5.74) is 0.900. The molecule has 1 aromatic rings. The maximum atomic E-state index is 13.0. The second kappa shape index (κ2) is 6.79. The van der Waals surface area contributed by atoms with Crippen molar-refractivity contribution >= 4 is 5.91 Å². The third-order valence-corrected chi connectivity index (χ3v) is 5.11. The third kappa shape index (κ3) is 3.44. The predicted molar refractivity (Wildman–Crippen MR) is 89.2 cm³/mol. The van der Waals surface area contributed by atoms with E-state index in [1.807, 2.05) is 4.90 Å². The fourth-order valence-corrected chi connectivity index (χ4v) is 3.87. The molecule has 1 atom stereocenters. The molecule has 5 nitrogen and oxygen atoms in total. The van der Waals surface area contributed by atoms with Crippen LogP contribution in [0, 0.1) is 5.41 Å². The molecular weight excluding hydrogens is 292 g/mol. The van der Waals surface area contributed by atoms with Crippen LogP contribution >= 0.6 is 0 Å². The van der Waals surface area contributed by atoms with Gasteiger partial charge in [-0.1, -0.05) is 0 Å². The van der Waals surface area contributed by atoms with Crippen LogP contribution in [0.2, 0.25) is 0 Å². The SMILES string of the molecule is COc1cc(OC)cc(C(=O)N2CCCC3(CCCNC3)C2)c1. The van der Waals surface area contributed by atoms with Crippen molar-refractivity contribution in [2.75, 3.05) is 40.4 Å². The molecule has 0 radical (unpaired) electrons. The molecule has 2 aliphatic heterocycles. The van der Waals surface area contributed by atoms with Crippen molar-refractivity contribution in [3.8, 4) is 11.5 Å². The zero-order valence-corrected chi connectivity index (χ0v) is 14.1. The summed E-state index contributed by atoms with van der Waals surface area (Å²) < 4.78 is 10.6. The molecule has 1 unspecified atom stereocenters. The number of nitrogens with one attached hydrogen (secondary N) is 1. The maximum Gasteiger partial charge on any atom is 0.254 e. The van der Waals surface area contributed by atoms with E-state index in [1.165, 1.54) is 19.3 Å². The second-order valence-electron chi connectivity index (χ2n) is 6.71. The van der Waals surface area contributed by atoms with Gasteiger partial charge in [-0.2, -0.15) is 0 Å². The minimum absolute atomic E-state index is 0.0758. The van der Waals surface area contributed by atoms with Gasteiger partial charge in [0.2, 0.25) is 0 Å². The summed E-state index contributed by atoms with van der Waals surface area (Å²) in [4.78, 5) is 15.0. The molecule has 126 valence electrons. The Balaban J connectivity index is 1.79. The van der Waals surface area contributed by atoms with E-state index in [0.717, 1.165) is 32.6 Å². The van der Waals surface area contributed by atoms with Crippen LogP contribution in [0.3, 0.4) is 0 Å². The van der Waals surface area contributed by atoms with Gasteiger partial charge >= 0.3 is 0 Å². The van der Waals surface area contributed by atoms with Gasteiger partial charge in [0.1, 0.15) is 11.5 Å². The Morgan fingerprint density at radius 3 is 2.43 bits per heavy atom. The summed E-state index contributed by atoms with van der Waals surface area (Å²) in [6, 6.07) is 5.38. The van der Waals surface area contributed by atoms with Gasteiger partial charge in [0, 0.05) is 36.7 Å². The molecule has 3 rings (SSSR count). The molecule has 0 aliphatic carbocycles. The Labute approximate surface area is 137 Å². The van der Waals surface area contributed by atoms with Crippen LogP contribution in [-0.4, -0.2) is 51.2 Å². The number of amides is 1. The Morgan fingerprint density at radius 1 is 1.13 bits per heavy atom. The molecule has 2 saturated heterocycles. The minimum atomic E-state index is 0.0758. The highest BCUT2D eigenvalue weighted by Crippen LogP contribution is 2.36. The van der Waals surface area contributed by atoms with Gasteiger partial charge in [0.05, 0.1) is 14.2 Å². The fraction of sp³-hybridized carbons (Fsp3) is 0.611. The van der Waals surface area contributed by atoms with Gasteiger partial charge in [0.25, 0.3) is 5.91 Å². The largest absolute Gasteiger partial charge is 0.497 e. The molecule has 2 aliphatic rings. The molecule has 1 spiro atoms. The second-order valence-corrected chi connectivity index (χ2v) is 6.71. The highest BCUT2D eigenvalue weighted by Gasteiger charge is 2.38. The molecule has 5 heteroatoms. The molecule has 0 saturated carbocycles. The highest BCUT2D eigenvalue weighted by molar-refractivity contribution is 5.95. The number of carbonyl (C=O) groups excluding carboxylic acids is 1. The van der Waals surface area contributed by atoms with Gasteiger partial charge in [0.15, 0.2) is 0 Å². The predicted octanol–water partition coefficient (Wildman–Crippen LogP) is 2.31. The summed E-state index contributed by atoms with van der Waals surface area (Å²) in [7, 11) is 3.21. The van der Waals surface area contributed by atoms with Gasteiger partial charge in [-0.25, -0.2) is 0 Å². The quantitative estimate of drug-likeness (QED) is 0.929. The van der Waals surface area contributed by atoms with Crippen LogP contribution in [0.5, 0.6) is 11.5 Å². The van der Waals surface area contributed by atoms with Gasteiger partial charge in [-0.15, -0.1) is 0 Å². The normalized spacial score (nSPS) is 24.5. The summed E-state index contributed by atoms with van der Waals surface area (Å²) in [6.07, 6.45) is 4.71. The minimum Gasteiger partial charge on any atom is -0.497 e. The Morgan fingerprint density at radius 2 is 1.83 bits per heavy atom. The lowest BCUT2D eigenvalue weighted by atomic mass is 9.74. The number of rotatable bonds is 3. The van der Waals surface area contributed by atoms with E-state index in [1.54, 1.807) is 32.4 Å². The first-order valence-corrected chi connectivity index (χ1v) is 8.39. The Kier molecular flexibility index (Phi) is 4.76. The zero-order chi connectivity index (χ0) is 16.3. The van der Waals surface area contributed by atoms with Crippen molar-refractivity contribution in [1.82, 2.24) is 10.2 Å². The Bertz CT molecular complexity index is 540. The van der Waals surface area contributed by atoms with Crippen LogP contribution < -0.4 is 14.8 Å². The van der Waals surface area contributed by atoms with Crippen molar-refractivity contribution < 1.29 is 14.3 Å². The maximum absolute atomic E-state index is 13.0. The van der Waals surface area contributed by atoms with E-state index in [4.69, 9.17) is 9.47 Å². The highest BCUT2D eigenvalue weighted by atomic mass is 16.5. The number of piperidine rings is 2. The van der Waals surface area contributed by atoms with Gasteiger partial charge in [-0.05, 0) is 44.4 Å². The van der Waals surface area contributed by atoms with Crippen molar-refractivity contribution in [1.29, 1.82) is 0 Å². The molecule has 1 amide bonds. The van der Waals surface area contributed by atoms with Gasteiger partial charge < -0.3 is 19.7 Å². The van der Waals surface area contributed by atoms with Crippen LogP contribution in [0.15, 0.2) is 18.2 Å². The monoisotopic (exact) mass is 318 g/mol. The number of methoxy groups -OCH3 is 2. The van der Waals surface area contributed by atoms with Crippen LogP contribution in [0.1, 0.15) is 36.0 Å². The number of likely N-dealkylation sites (tertiary alicyclic amines) is 1. The molecule has 1 N–H and O–H groups in total. The third-order valence-electron chi connectivity index (χ3n) is 5.11. The molecule has 2 fully saturated rings. The van der Waals surface area contributed by atoms with Crippen LogP contribution in [-0.2, 0) is 0 Å². The lowest BCUT2D eigenvalue weighted by molar-refractivity contribution is 0.0433. The van der Waals surface area contributed by atoms with Crippen molar-refractivity contribution in [2.24, 2.45) is 5.41 Å². The Hall–Kier alpha value is -1.75. The van der Waals surface area contributed by atoms with Gasteiger partial charge in [-0.3, -0.25) is 4.79 Å². The molecular formula is C18H26N2O3. The zero-order valence-electron chi connectivity index (χ0n) is 14.1. The number of carbonyl (C=O) groups is 1. The van der Waals surface area contributed by atoms with E-state index in [9.17, 15) is 4.79 Å². The van der Waals surface area contributed by atoms with Crippen molar-refractivity contribution in [3.63, 3.8) is 0 Å². The number of hydrogen-bond acceptors (Lipinski definition) is 4. The standard InChI is InChI=1S/C18H26N2O3/c1-22-15-9-14(10-16(11-15)23-2)17(21)20-8-4-6-18(13-20)5-3-7-19-12-18/h9-11,19H,3-8,12-13H2,1-2H3. The average Bonchev–Trinajstić information content (AvgIpc) is 2.61. The number of ether oxygens (including phenoxy) is 2. The first kappa shape index (κ1) is 16.1. The summed E-state index contributed by atoms with van der Waals surface area (Å²) >= 11 is 0. The van der Waals surface area contributed by atoms with Crippen molar-refractivity contribution in [2.45, 2.75) is 25.7 Å². The van der Waals surface area contributed by atoms with E-state index >= 15 is 0 Å².